The minimum Gasteiger partial charge on any atom is -0.445 e. The maximum absolute atomic E-state index is 15.1. The smallest absolute Gasteiger partial charge is 0.408 e. The number of halogens is 2. The number of carbonyl (C=O) groups excluding carboxylic acids is 4. The van der Waals surface area contributed by atoms with Crippen LogP contribution < -0.4 is 11.1 Å². The van der Waals surface area contributed by atoms with E-state index < -0.39 is 65.6 Å². The molecule has 2 aromatic carbocycles. The first-order chi connectivity index (χ1) is 17.4. The van der Waals surface area contributed by atoms with E-state index in [0.717, 1.165) is 0 Å². The average Bonchev–Trinajstić information content (AvgIpc) is 2.86. The number of benzene rings is 2. The van der Waals surface area contributed by atoms with Gasteiger partial charge in [-0.25, -0.2) is 4.79 Å². The fourth-order valence-corrected chi connectivity index (χ4v) is 3.89. The van der Waals surface area contributed by atoms with Gasteiger partial charge in [-0.1, -0.05) is 88.4 Å². The minimum absolute atomic E-state index is 0.0630. The summed E-state index contributed by atoms with van der Waals surface area (Å²) in [5, 5.41) is 2.40. The summed E-state index contributed by atoms with van der Waals surface area (Å²) in [5.41, 5.74) is 7.09. The van der Waals surface area contributed by atoms with Crippen molar-refractivity contribution < 1.29 is 32.7 Å². The van der Waals surface area contributed by atoms with Crippen LogP contribution in [0.5, 0.6) is 0 Å². The molecule has 0 aromatic heterocycles. The zero-order valence-corrected chi connectivity index (χ0v) is 21.4. The molecule has 0 saturated heterocycles. The molecule has 0 aliphatic rings. The van der Waals surface area contributed by atoms with Crippen molar-refractivity contribution >= 4 is 23.4 Å². The molecule has 0 fully saturated rings. The lowest BCUT2D eigenvalue weighted by atomic mass is 9.78. The van der Waals surface area contributed by atoms with E-state index in [1.54, 1.807) is 74.5 Å². The number of hydrogen-bond donors (Lipinski definition) is 2. The zero-order chi connectivity index (χ0) is 27.8. The number of nitrogens with one attached hydrogen (secondary N) is 1. The Morgan fingerprint density at radius 1 is 0.892 bits per heavy atom. The molecule has 3 atom stereocenters. The number of amides is 1. The number of Topliss-reactive ketones (excluding diaryl/α,β-unsaturated/α-hetero) is 3. The highest BCUT2D eigenvalue weighted by Crippen LogP contribution is 2.30. The van der Waals surface area contributed by atoms with Gasteiger partial charge in [-0.15, -0.1) is 0 Å². The molecule has 37 heavy (non-hydrogen) atoms. The van der Waals surface area contributed by atoms with Gasteiger partial charge < -0.3 is 15.8 Å². The summed E-state index contributed by atoms with van der Waals surface area (Å²) in [6, 6.07) is 14.7. The number of ketones is 3. The Kier molecular flexibility index (Phi) is 10.6. The van der Waals surface area contributed by atoms with Crippen LogP contribution in [-0.2, 0) is 25.7 Å². The number of hydrogen-bond acceptors (Lipinski definition) is 6. The maximum atomic E-state index is 15.1. The van der Waals surface area contributed by atoms with Gasteiger partial charge in [0.1, 0.15) is 6.61 Å². The Morgan fingerprint density at radius 3 is 1.95 bits per heavy atom. The van der Waals surface area contributed by atoms with Gasteiger partial charge in [0.25, 0.3) is 0 Å². The van der Waals surface area contributed by atoms with Gasteiger partial charge in [-0.3, -0.25) is 14.4 Å². The van der Waals surface area contributed by atoms with Gasteiger partial charge in [-0.2, -0.15) is 8.78 Å². The Bertz CT molecular complexity index is 1070. The molecule has 0 bridgehead atoms. The number of alkyl halides is 2. The van der Waals surface area contributed by atoms with Crippen LogP contribution in [0.3, 0.4) is 0 Å². The van der Waals surface area contributed by atoms with Crippen molar-refractivity contribution in [2.75, 3.05) is 0 Å². The van der Waals surface area contributed by atoms with Crippen molar-refractivity contribution in [3.8, 4) is 0 Å². The third kappa shape index (κ3) is 8.01. The quantitative estimate of drug-likeness (QED) is 0.375. The summed E-state index contributed by atoms with van der Waals surface area (Å²) in [5.74, 6) is -12.0. The van der Waals surface area contributed by atoms with E-state index in [1.165, 1.54) is 13.8 Å². The highest BCUT2D eigenvalue weighted by atomic mass is 19.3. The van der Waals surface area contributed by atoms with Crippen molar-refractivity contribution in [2.24, 2.45) is 23.5 Å². The van der Waals surface area contributed by atoms with E-state index in [-0.39, 0.29) is 6.61 Å². The van der Waals surface area contributed by atoms with Gasteiger partial charge in [0.2, 0.25) is 11.6 Å². The highest BCUT2D eigenvalue weighted by molar-refractivity contribution is 6.17. The molecule has 0 aliphatic heterocycles. The average molecular weight is 517 g/mol. The number of carbonyl (C=O) groups is 4. The highest BCUT2D eigenvalue weighted by Gasteiger charge is 2.53. The lowest BCUT2D eigenvalue weighted by molar-refractivity contribution is -0.162. The fourth-order valence-electron chi connectivity index (χ4n) is 3.89. The minimum atomic E-state index is -4.42. The van der Waals surface area contributed by atoms with Crippen molar-refractivity contribution in [1.82, 2.24) is 5.32 Å². The van der Waals surface area contributed by atoms with Crippen LogP contribution in [0.1, 0.15) is 51.3 Å². The summed E-state index contributed by atoms with van der Waals surface area (Å²) in [7, 11) is 0. The number of ether oxygens (including phenoxy) is 1. The normalized spacial score (nSPS) is 14.1. The van der Waals surface area contributed by atoms with Gasteiger partial charge >= 0.3 is 12.0 Å². The SMILES string of the molecule is CC(C)C(C(=O)[C@@H](NC(=O)OCc1ccccc1)C(C)C)C(=O)C(F)(F)C(=O)CC(N)c1ccccc1. The lowest BCUT2D eigenvalue weighted by Gasteiger charge is -2.29. The number of rotatable bonds is 13. The first-order valence-corrected chi connectivity index (χ1v) is 12.1. The van der Waals surface area contributed by atoms with Gasteiger partial charge in [-0.05, 0) is 23.0 Å². The van der Waals surface area contributed by atoms with Crippen LogP contribution in [0.15, 0.2) is 60.7 Å². The zero-order valence-electron chi connectivity index (χ0n) is 21.4. The second kappa shape index (κ2) is 13.2. The third-order valence-electron chi connectivity index (χ3n) is 6.01. The number of alkyl carbamates (subject to hydrolysis) is 1. The molecule has 0 aliphatic carbocycles. The summed E-state index contributed by atoms with van der Waals surface area (Å²) >= 11 is 0. The van der Waals surface area contributed by atoms with Crippen molar-refractivity contribution in [2.45, 2.75) is 58.7 Å². The fraction of sp³-hybridized carbons (Fsp3) is 0.429. The second-order valence-electron chi connectivity index (χ2n) is 9.63. The number of nitrogens with two attached hydrogens (primary N) is 1. The Morgan fingerprint density at radius 2 is 1.43 bits per heavy atom. The Hall–Kier alpha value is -3.46. The molecular weight excluding hydrogens is 482 g/mol. The topological polar surface area (TPSA) is 116 Å². The van der Waals surface area contributed by atoms with E-state index >= 15 is 8.78 Å². The van der Waals surface area contributed by atoms with Crippen LogP contribution in [0.4, 0.5) is 13.6 Å². The van der Waals surface area contributed by atoms with E-state index in [2.05, 4.69) is 5.32 Å². The van der Waals surface area contributed by atoms with Crippen LogP contribution in [0.2, 0.25) is 0 Å². The first kappa shape index (κ1) is 29.8. The van der Waals surface area contributed by atoms with E-state index in [1.807, 2.05) is 0 Å². The molecule has 1 amide bonds. The van der Waals surface area contributed by atoms with Crippen LogP contribution >= 0.6 is 0 Å². The van der Waals surface area contributed by atoms with Crippen LogP contribution in [0, 0.1) is 17.8 Å². The molecule has 3 N–H and O–H groups in total. The molecule has 0 saturated carbocycles. The van der Waals surface area contributed by atoms with E-state index in [0.29, 0.717) is 11.1 Å². The molecule has 0 heterocycles. The predicted octanol–water partition coefficient (Wildman–Crippen LogP) is 4.64. The Balaban J connectivity index is 2.15. The van der Waals surface area contributed by atoms with Crippen molar-refractivity contribution in [1.29, 1.82) is 0 Å². The van der Waals surface area contributed by atoms with Crippen molar-refractivity contribution in [3.05, 3.63) is 71.8 Å². The van der Waals surface area contributed by atoms with Crippen LogP contribution in [0.25, 0.3) is 0 Å². The summed E-state index contributed by atoms with van der Waals surface area (Å²) < 4.78 is 35.3. The summed E-state index contributed by atoms with van der Waals surface area (Å²) in [6.45, 7) is 6.00. The summed E-state index contributed by atoms with van der Waals surface area (Å²) in [6.07, 6.45) is -1.71. The summed E-state index contributed by atoms with van der Waals surface area (Å²) in [4.78, 5) is 51.1. The molecular formula is C28H34F2N2O5. The molecule has 7 nitrogen and oxygen atoms in total. The standard InChI is InChI=1S/C28H34F2N2O5/c1-17(2)23(26(35)28(29,30)22(33)15-21(31)20-13-9-6-10-14-20)25(34)24(18(3)4)32-27(36)37-16-19-11-7-5-8-12-19/h5-14,17-18,21,23-24H,15-16,31H2,1-4H3,(H,32,36)/t21?,23?,24-/m0/s1. The molecule has 200 valence electrons. The van der Waals surface area contributed by atoms with Gasteiger partial charge in [0, 0.05) is 12.5 Å². The molecule has 9 heteroatoms. The molecule has 0 spiro atoms. The molecule has 2 rings (SSSR count). The van der Waals surface area contributed by atoms with Gasteiger partial charge in [0.15, 0.2) is 5.78 Å². The van der Waals surface area contributed by atoms with E-state index in [4.69, 9.17) is 10.5 Å². The molecule has 2 unspecified atom stereocenters. The van der Waals surface area contributed by atoms with E-state index in [9.17, 15) is 19.2 Å². The van der Waals surface area contributed by atoms with Crippen molar-refractivity contribution in [3.63, 3.8) is 0 Å². The third-order valence-corrected chi connectivity index (χ3v) is 6.01. The molecule has 2 aromatic rings. The molecule has 0 radical (unpaired) electrons. The first-order valence-electron chi connectivity index (χ1n) is 12.1. The monoisotopic (exact) mass is 516 g/mol. The largest absolute Gasteiger partial charge is 0.445 e. The Labute approximate surface area is 215 Å². The van der Waals surface area contributed by atoms with Gasteiger partial charge in [0.05, 0.1) is 12.0 Å². The van der Waals surface area contributed by atoms with Crippen LogP contribution in [-0.4, -0.2) is 35.4 Å². The maximum Gasteiger partial charge on any atom is 0.408 e. The predicted molar refractivity (Wildman–Crippen MR) is 135 cm³/mol. The lowest BCUT2D eigenvalue weighted by Crippen LogP contribution is -2.53. The second-order valence-corrected chi connectivity index (χ2v) is 9.63.